The van der Waals surface area contributed by atoms with Crippen LogP contribution in [0.1, 0.15) is 38.1 Å². The van der Waals surface area contributed by atoms with Crippen molar-refractivity contribution in [3.8, 4) is 17.9 Å². The zero-order valence-corrected chi connectivity index (χ0v) is 21.3. The molecule has 2 N–H and O–H groups in total. The van der Waals surface area contributed by atoms with Gasteiger partial charge in [0.2, 0.25) is 6.41 Å². The molecule has 0 unspecified atom stereocenters. The molecule has 2 aromatic heterocycles. The first kappa shape index (κ1) is 26.9. The number of alkyl halides is 3. The molecule has 1 aromatic carbocycles. The molecule has 1 saturated heterocycles. The maximum atomic E-state index is 13.5. The molecule has 0 spiro atoms. The standard InChI is InChI=1S/C28H29F3N6O/c1-27(2,17-32)26-9-8-21(16-34-26)33-12-4-5-22-15-23-24(35-20-10-13-36(19-38)14-11-20)6-3-7-25(23)37(22)18-28(29,30)31/h3,6-9,15-16,19-20,33,35H,10-14,18H2,1-2H3. The van der Waals surface area contributed by atoms with Gasteiger partial charge in [0.1, 0.15) is 6.54 Å². The molecule has 1 fully saturated rings. The lowest BCUT2D eigenvalue weighted by Crippen LogP contribution is -2.38. The van der Waals surface area contributed by atoms with Crippen molar-refractivity contribution in [2.24, 2.45) is 0 Å². The Bertz CT molecular complexity index is 1380. The third kappa shape index (κ3) is 6.38. The summed E-state index contributed by atoms with van der Waals surface area (Å²) in [6, 6.07) is 12.8. The number of nitrogens with zero attached hydrogens (tertiary/aromatic N) is 4. The minimum absolute atomic E-state index is 0.125. The van der Waals surface area contributed by atoms with Gasteiger partial charge in [-0.2, -0.15) is 18.4 Å². The van der Waals surface area contributed by atoms with Gasteiger partial charge in [-0.05, 0) is 62.9 Å². The normalized spacial score (nSPS) is 14.5. The molecule has 0 saturated carbocycles. The first-order valence-corrected chi connectivity index (χ1v) is 12.3. The lowest BCUT2D eigenvalue weighted by Gasteiger charge is -2.30. The van der Waals surface area contributed by atoms with Crippen LogP contribution < -0.4 is 10.6 Å². The monoisotopic (exact) mass is 522 g/mol. The highest BCUT2D eigenvalue weighted by Gasteiger charge is 2.30. The number of hydrogen-bond donors (Lipinski definition) is 2. The van der Waals surface area contributed by atoms with Crippen molar-refractivity contribution in [3.05, 3.63) is 54.0 Å². The van der Waals surface area contributed by atoms with E-state index in [1.54, 1.807) is 55.3 Å². The average molecular weight is 523 g/mol. The van der Waals surface area contributed by atoms with E-state index in [9.17, 15) is 23.2 Å². The number of piperidine rings is 1. The Kier molecular flexibility index (Phi) is 7.82. The van der Waals surface area contributed by atoms with E-state index in [-0.39, 0.29) is 18.3 Å². The van der Waals surface area contributed by atoms with Crippen LogP contribution in [0.5, 0.6) is 0 Å². The van der Waals surface area contributed by atoms with Crippen molar-refractivity contribution < 1.29 is 18.0 Å². The molecule has 198 valence electrons. The van der Waals surface area contributed by atoms with Gasteiger partial charge in [0.25, 0.3) is 0 Å². The summed E-state index contributed by atoms with van der Waals surface area (Å²) in [6.07, 6.45) is -0.430. The van der Waals surface area contributed by atoms with E-state index in [1.807, 2.05) is 6.07 Å². The van der Waals surface area contributed by atoms with Crippen LogP contribution in [0.15, 0.2) is 42.6 Å². The number of carbonyl (C=O) groups is 1. The maximum Gasteiger partial charge on any atom is 0.406 e. The van der Waals surface area contributed by atoms with Crippen LogP contribution in [0, 0.1) is 23.2 Å². The second-order valence-electron chi connectivity index (χ2n) is 9.85. The van der Waals surface area contributed by atoms with Crippen LogP contribution in [-0.2, 0) is 16.8 Å². The first-order valence-electron chi connectivity index (χ1n) is 12.3. The minimum Gasteiger partial charge on any atom is -0.382 e. The van der Waals surface area contributed by atoms with E-state index in [4.69, 9.17) is 0 Å². The lowest BCUT2D eigenvalue weighted by molar-refractivity contribution is -0.140. The number of aromatic nitrogens is 2. The summed E-state index contributed by atoms with van der Waals surface area (Å²) in [6.45, 7) is 3.91. The first-order chi connectivity index (χ1) is 18.1. The molecule has 38 heavy (non-hydrogen) atoms. The molecule has 7 nitrogen and oxygen atoms in total. The molecular weight excluding hydrogens is 493 g/mol. The zero-order chi connectivity index (χ0) is 27.3. The fraction of sp³-hybridized carbons (Fsp3) is 0.393. The Morgan fingerprint density at radius 3 is 2.58 bits per heavy atom. The third-order valence-corrected chi connectivity index (χ3v) is 6.60. The number of nitrogens with one attached hydrogen (secondary N) is 2. The summed E-state index contributed by atoms with van der Waals surface area (Å²) in [5, 5.41) is 16.5. The van der Waals surface area contributed by atoms with Crippen LogP contribution >= 0.6 is 0 Å². The van der Waals surface area contributed by atoms with Gasteiger partial charge in [0.05, 0.1) is 46.8 Å². The van der Waals surface area contributed by atoms with Gasteiger partial charge in [0, 0.05) is 30.2 Å². The molecule has 0 aliphatic carbocycles. The van der Waals surface area contributed by atoms with Gasteiger partial charge in [-0.25, -0.2) is 0 Å². The number of rotatable bonds is 7. The summed E-state index contributed by atoms with van der Waals surface area (Å²) in [5.41, 5.74) is 2.11. The van der Waals surface area contributed by atoms with Gasteiger partial charge in [-0.15, -0.1) is 0 Å². The molecule has 4 rings (SSSR count). The van der Waals surface area contributed by atoms with Crippen molar-refractivity contribution in [2.75, 3.05) is 30.3 Å². The van der Waals surface area contributed by atoms with Crippen LogP contribution in [0.3, 0.4) is 0 Å². The van der Waals surface area contributed by atoms with E-state index in [0.29, 0.717) is 35.4 Å². The Labute approximate surface area is 219 Å². The molecule has 3 heterocycles. The number of fused-ring (bicyclic) bond motifs is 1. The average Bonchev–Trinajstić information content (AvgIpc) is 3.24. The van der Waals surface area contributed by atoms with E-state index >= 15 is 0 Å². The van der Waals surface area contributed by atoms with E-state index in [1.165, 1.54) is 4.57 Å². The molecular formula is C28H29F3N6O. The van der Waals surface area contributed by atoms with E-state index < -0.39 is 18.1 Å². The van der Waals surface area contributed by atoms with Crippen LogP contribution in [-0.4, -0.2) is 52.7 Å². The summed E-state index contributed by atoms with van der Waals surface area (Å²) >= 11 is 0. The largest absolute Gasteiger partial charge is 0.406 e. The molecule has 0 bridgehead atoms. The highest BCUT2D eigenvalue weighted by molar-refractivity contribution is 5.94. The minimum atomic E-state index is -4.41. The number of amides is 1. The summed E-state index contributed by atoms with van der Waals surface area (Å²) < 4.78 is 41.6. The number of nitriles is 1. The summed E-state index contributed by atoms with van der Waals surface area (Å²) in [5.74, 6) is 5.82. The highest BCUT2D eigenvalue weighted by Crippen LogP contribution is 2.31. The van der Waals surface area contributed by atoms with Crippen molar-refractivity contribution >= 4 is 28.7 Å². The molecule has 3 aromatic rings. The molecule has 1 aliphatic rings. The number of likely N-dealkylation sites (tertiary alicyclic amines) is 1. The van der Waals surface area contributed by atoms with Gasteiger partial charge < -0.3 is 20.1 Å². The predicted molar refractivity (Wildman–Crippen MR) is 141 cm³/mol. The second kappa shape index (κ2) is 11.1. The smallest absolute Gasteiger partial charge is 0.382 e. The summed E-state index contributed by atoms with van der Waals surface area (Å²) in [4.78, 5) is 17.0. The Balaban J connectivity index is 1.54. The Morgan fingerprint density at radius 1 is 1.18 bits per heavy atom. The number of carbonyl (C=O) groups excluding carboxylic acids is 1. The molecule has 1 aliphatic heterocycles. The van der Waals surface area contributed by atoms with Crippen molar-refractivity contribution in [2.45, 2.75) is 50.9 Å². The van der Waals surface area contributed by atoms with E-state index in [0.717, 1.165) is 24.9 Å². The quantitative estimate of drug-likeness (QED) is 0.341. The number of anilines is 2. The third-order valence-electron chi connectivity index (χ3n) is 6.60. The van der Waals surface area contributed by atoms with Gasteiger partial charge in [0.15, 0.2) is 0 Å². The predicted octanol–water partition coefficient (Wildman–Crippen LogP) is 4.90. The molecule has 1 amide bonds. The number of pyridine rings is 1. The van der Waals surface area contributed by atoms with Gasteiger partial charge >= 0.3 is 6.18 Å². The molecule has 0 atom stereocenters. The second-order valence-corrected chi connectivity index (χ2v) is 9.85. The SMILES string of the molecule is CC(C)(C#N)c1ccc(NCC#Cc2cc3c(NC4CCN(C=O)CC4)cccc3n2CC(F)(F)F)cn1. The number of hydrogen-bond acceptors (Lipinski definition) is 5. The molecule has 0 radical (unpaired) electrons. The fourth-order valence-electron chi connectivity index (χ4n) is 4.44. The number of halogens is 3. The zero-order valence-electron chi connectivity index (χ0n) is 21.3. The summed E-state index contributed by atoms with van der Waals surface area (Å²) in [7, 11) is 0. The van der Waals surface area contributed by atoms with Gasteiger partial charge in [-0.3, -0.25) is 9.78 Å². The Hall–Kier alpha value is -4.18. The fourth-order valence-corrected chi connectivity index (χ4v) is 4.44. The van der Waals surface area contributed by atoms with Crippen molar-refractivity contribution in [1.29, 1.82) is 5.26 Å². The topological polar surface area (TPSA) is 86.0 Å². The highest BCUT2D eigenvalue weighted by atomic mass is 19.4. The van der Waals surface area contributed by atoms with Crippen molar-refractivity contribution in [3.63, 3.8) is 0 Å². The van der Waals surface area contributed by atoms with Crippen LogP contribution in [0.4, 0.5) is 24.5 Å². The van der Waals surface area contributed by atoms with E-state index in [2.05, 4.69) is 33.5 Å². The maximum absolute atomic E-state index is 13.5. The Morgan fingerprint density at radius 2 is 1.95 bits per heavy atom. The van der Waals surface area contributed by atoms with Crippen molar-refractivity contribution in [1.82, 2.24) is 14.5 Å². The van der Waals surface area contributed by atoms with Crippen LogP contribution in [0.25, 0.3) is 10.9 Å². The number of benzene rings is 1. The molecule has 10 heteroatoms. The van der Waals surface area contributed by atoms with Gasteiger partial charge in [-0.1, -0.05) is 12.0 Å². The lowest BCUT2D eigenvalue weighted by atomic mass is 9.91. The van der Waals surface area contributed by atoms with Crippen LogP contribution in [0.2, 0.25) is 0 Å².